The molecule has 2 heterocycles. The van der Waals surface area contributed by atoms with Crippen LogP contribution in [-0.4, -0.2) is 81.1 Å². The molecule has 2 aliphatic rings. The maximum atomic E-state index is 12.6. The second-order valence-corrected chi connectivity index (χ2v) is 8.83. The van der Waals surface area contributed by atoms with Gasteiger partial charge in [-0.2, -0.15) is 0 Å². The monoisotopic (exact) mass is 450 g/mol. The van der Waals surface area contributed by atoms with Gasteiger partial charge in [0, 0.05) is 70.7 Å². The topological polar surface area (TPSA) is 85.2 Å². The van der Waals surface area contributed by atoms with E-state index in [0.29, 0.717) is 24.3 Å². The van der Waals surface area contributed by atoms with Gasteiger partial charge in [-0.05, 0) is 43.2 Å². The zero-order valence-corrected chi connectivity index (χ0v) is 19.6. The number of piperazine rings is 1. The molecule has 2 aliphatic heterocycles. The number of nitrogens with two attached hydrogens (primary N) is 1. The average molecular weight is 451 g/mol. The fourth-order valence-electron chi connectivity index (χ4n) is 4.57. The van der Waals surface area contributed by atoms with Crippen LogP contribution >= 0.6 is 0 Å². The number of para-hydroxylation sites is 1. The summed E-state index contributed by atoms with van der Waals surface area (Å²) in [6, 6.07) is 14.1. The number of carbonyl (C=O) groups is 2. The van der Waals surface area contributed by atoms with Gasteiger partial charge in [0.1, 0.15) is 0 Å². The number of rotatable bonds is 7. The number of urea groups is 1. The molecule has 3 amide bonds. The highest BCUT2D eigenvalue weighted by Gasteiger charge is 2.24. The molecule has 2 aromatic rings. The fraction of sp³-hybridized carbons (Fsp3) is 0.440. The van der Waals surface area contributed by atoms with Gasteiger partial charge in [0.15, 0.2) is 0 Å². The molecule has 0 aliphatic carbocycles. The molecular weight excluding hydrogens is 416 g/mol. The Labute approximate surface area is 195 Å². The third-order valence-corrected chi connectivity index (χ3v) is 6.56. The van der Waals surface area contributed by atoms with E-state index in [0.717, 1.165) is 51.4 Å². The molecule has 0 aromatic heterocycles. The van der Waals surface area contributed by atoms with Crippen LogP contribution in [-0.2, 0) is 0 Å². The van der Waals surface area contributed by atoms with E-state index in [-0.39, 0.29) is 11.9 Å². The molecule has 4 rings (SSSR count). The molecule has 2 aromatic carbocycles. The van der Waals surface area contributed by atoms with E-state index < -0.39 is 0 Å². The number of anilines is 3. The average Bonchev–Trinajstić information content (AvgIpc) is 3.14. The van der Waals surface area contributed by atoms with Crippen molar-refractivity contribution in [2.45, 2.75) is 13.3 Å². The SMILES string of the molecule is Cc1ccccc1N1CCN(c2ccc(C(=O)NCCCN3CCN(C)C3=O)cc2N)CC1. The summed E-state index contributed by atoms with van der Waals surface area (Å²) in [7, 11) is 1.81. The number of benzene rings is 2. The quantitative estimate of drug-likeness (QED) is 0.500. The first-order chi connectivity index (χ1) is 15.9. The van der Waals surface area contributed by atoms with Crippen LogP contribution in [0.4, 0.5) is 21.9 Å². The van der Waals surface area contributed by atoms with Crippen LogP contribution in [0.15, 0.2) is 42.5 Å². The Hall–Kier alpha value is -3.42. The molecule has 33 heavy (non-hydrogen) atoms. The number of aryl methyl sites for hydroxylation is 1. The lowest BCUT2D eigenvalue weighted by Crippen LogP contribution is -2.47. The molecular formula is C25H34N6O2. The van der Waals surface area contributed by atoms with Crippen molar-refractivity contribution < 1.29 is 9.59 Å². The van der Waals surface area contributed by atoms with Gasteiger partial charge < -0.3 is 30.7 Å². The lowest BCUT2D eigenvalue weighted by Gasteiger charge is -2.38. The molecule has 8 nitrogen and oxygen atoms in total. The van der Waals surface area contributed by atoms with E-state index in [2.05, 4.69) is 46.3 Å². The van der Waals surface area contributed by atoms with Crippen LogP contribution in [0.25, 0.3) is 0 Å². The predicted molar refractivity (Wildman–Crippen MR) is 133 cm³/mol. The van der Waals surface area contributed by atoms with Crippen molar-refractivity contribution in [3.8, 4) is 0 Å². The lowest BCUT2D eigenvalue weighted by atomic mass is 10.1. The largest absolute Gasteiger partial charge is 0.397 e. The third-order valence-electron chi connectivity index (χ3n) is 6.56. The Morgan fingerprint density at radius 1 is 0.970 bits per heavy atom. The Balaban J connectivity index is 1.27. The molecule has 3 N–H and O–H groups in total. The van der Waals surface area contributed by atoms with Gasteiger partial charge in [0.2, 0.25) is 0 Å². The highest BCUT2D eigenvalue weighted by Crippen LogP contribution is 2.27. The van der Waals surface area contributed by atoms with Gasteiger partial charge in [-0.1, -0.05) is 18.2 Å². The second kappa shape index (κ2) is 10.0. The molecule has 2 fully saturated rings. The number of nitrogen functional groups attached to an aromatic ring is 1. The third kappa shape index (κ3) is 5.16. The molecule has 0 unspecified atom stereocenters. The number of likely N-dealkylation sites (N-methyl/N-ethyl adjacent to an activating group) is 1. The summed E-state index contributed by atoms with van der Waals surface area (Å²) >= 11 is 0. The molecule has 0 atom stereocenters. The minimum Gasteiger partial charge on any atom is -0.397 e. The van der Waals surface area contributed by atoms with Crippen molar-refractivity contribution in [3.05, 3.63) is 53.6 Å². The van der Waals surface area contributed by atoms with E-state index in [4.69, 9.17) is 5.73 Å². The molecule has 0 bridgehead atoms. The van der Waals surface area contributed by atoms with E-state index in [1.165, 1.54) is 11.3 Å². The summed E-state index contributed by atoms with van der Waals surface area (Å²) in [5.41, 5.74) is 11.1. The Kier molecular flexibility index (Phi) is 6.91. The second-order valence-electron chi connectivity index (χ2n) is 8.83. The summed E-state index contributed by atoms with van der Waals surface area (Å²) in [4.78, 5) is 32.7. The van der Waals surface area contributed by atoms with Crippen molar-refractivity contribution in [1.82, 2.24) is 15.1 Å². The van der Waals surface area contributed by atoms with Crippen LogP contribution < -0.4 is 20.9 Å². The number of nitrogens with one attached hydrogen (secondary N) is 1. The van der Waals surface area contributed by atoms with Gasteiger partial charge in [0.25, 0.3) is 5.91 Å². The van der Waals surface area contributed by atoms with Crippen molar-refractivity contribution in [1.29, 1.82) is 0 Å². The first kappa shape index (κ1) is 22.8. The Bertz CT molecular complexity index is 1000. The van der Waals surface area contributed by atoms with Gasteiger partial charge >= 0.3 is 6.03 Å². The normalized spacial score (nSPS) is 16.5. The minimum absolute atomic E-state index is 0.0597. The first-order valence-corrected chi connectivity index (χ1v) is 11.7. The van der Waals surface area contributed by atoms with E-state index in [9.17, 15) is 9.59 Å². The molecule has 176 valence electrons. The van der Waals surface area contributed by atoms with Crippen LogP contribution in [0.2, 0.25) is 0 Å². The number of carbonyl (C=O) groups excluding carboxylic acids is 2. The van der Waals surface area contributed by atoms with Gasteiger partial charge in [-0.3, -0.25) is 4.79 Å². The minimum atomic E-state index is -0.137. The van der Waals surface area contributed by atoms with Crippen molar-refractivity contribution >= 4 is 29.0 Å². The summed E-state index contributed by atoms with van der Waals surface area (Å²) in [6.45, 7) is 8.47. The smallest absolute Gasteiger partial charge is 0.319 e. The summed E-state index contributed by atoms with van der Waals surface area (Å²) in [5, 5.41) is 2.94. The van der Waals surface area contributed by atoms with Gasteiger partial charge in [0.05, 0.1) is 11.4 Å². The molecule has 2 saturated heterocycles. The first-order valence-electron chi connectivity index (χ1n) is 11.7. The number of nitrogens with zero attached hydrogens (tertiary/aromatic N) is 4. The maximum Gasteiger partial charge on any atom is 0.319 e. The van der Waals surface area contributed by atoms with E-state index >= 15 is 0 Å². The van der Waals surface area contributed by atoms with Crippen LogP contribution in [0.1, 0.15) is 22.3 Å². The van der Waals surface area contributed by atoms with E-state index in [1.807, 2.05) is 24.1 Å². The standard InChI is InChI=1S/C25H34N6O2/c1-19-6-3-4-7-22(19)29-14-16-30(17-15-29)23-9-8-20(18-21(23)26)24(32)27-10-5-11-31-13-12-28(2)25(31)33/h3-4,6-9,18H,5,10-17,26H2,1-2H3,(H,27,32). The van der Waals surface area contributed by atoms with Crippen LogP contribution in [0.3, 0.4) is 0 Å². The van der Waals surface area contributed by atoms with E-state index in [1.54, 1.807) is 11.0 Å². The maximum absolute atomic E-state index is 12.6. The summed E-state index contributed by atoms with van der Waals surface area (Å²) in [6.07, 6.45) is 0.726. The van der Waals surface area contributed by atoms with Crippen molar-refractivity contribution in [2.75, 3.05) is 74.9 Å². The molecule has 8 heteroatoms. The summed E-state index contributed by atoms with van der Waals surface area (Å²) < 4.78 is 0. The predicted octanol–water partition coefficient (Wildman–Crippen LogP) is 2.39. The van der Waals surface area contributed by atoms with Crippen LogP contribution in [0, 0.1) is 6.92 Å². The van der Waals surface area contributed by atoms with Crippen LogP contribution in [0.5, 0.6) is 0 Å². The van der Waals surface area contributed by atoms with Crippen molar-refractivity contribution in [2.24, 2.45) is 0 Å². The molecule has 0 radical (unpaired) electrons. The van der Waals surface area contributed by atoms with Gasteiger partial charge in [-0.15, -0.1) is 0 Å². The zero-order chi connectivity index (χ0) is 23.4. The highest BCUT2D eigenvalue weighted by atomic mass is 16.2. The number of hydrogen-bond acceptors (Lipinski definition) is 5. The molecule has 0 saturated carbocycles. The lowest BCUT2D eigenvalue weighted by molar-refractivity contribution is 0.0952. The van der Waals surface area contributed by atoms with Crippen molar-refractivity contribution in [3.63, 3.8) is 0 Å². The fourth-order valence-corrected chi connectivity index (χ4v) is 4.57. The summed E-state index contributed by atoms with van der Waals surface area (Å²) in [5.74, 6) is -0.137. The zero-order valence-electron chi connectivity index (χ0n) is 19.6. The Morgan fingerprint density at radius 3 is 2.30 bits per heavy atom. The van der Waals surface area contributed by atoms with Gasteiger partial charge in [-0.25, -0.2) is 4.79 Å². The Morgan fingerprint density at radius 2 is 1.67 bits per heavy atom. The number of hydrogen-bond donors (Lipinski definition) is 2. The molecule has 0 spiro atoms. The number of amides is 3. The highest BCUT2D eigenvalue weighted by molar-refractivity contribution is 5.96.